The highest BCUT2D eigenvalue weighted by Gasteiger charge is 2.30. The first-order valence-corrected chi connectivity index (χ1v) is 9.00. The Morgan fingerprint density at radius 1 is 1.17 bits per heavy atom. The second kappa shape index (κ2) is 10.1. The molecule has 1 amide bonds. The first-order chi connectivity index (χ1) is 10.6. The van der Waals surface area contributed by atoms with Crippen molar-refractivity contribution in [2.24, 2.45) is 11.7 Å². The molecule has 23 heavy (non-hydrogen) atoms. The lowest BCUT2D eigenvalue weighted by atomic mass is 10.00. The van der Waals surface area contributed by atoms with E-state index in [4.69, 9.17) is 10.5 Å². The van der Waals surface area contributed by atoms with Gasteiger partial charge >= 0.3 is 6.09 Å². The molecule has 0 saturated heterocycles. The number of carbonyl (C=O) groups is 1. The number of nitrogens with zero attached hydrogens (tertiary/aromatic N) is 1. The predicted molar refractivity (Wildman–Crippen MR) is 97.6 cm³/mol. The molecule has 0 aliphatic carbocycles. The number of carbonyl (C=O) groups excluding carboxylic acids is 1. The van der Waals surface area contributed by atoms with Crippen molar-refractivity contribution < 1.29 is 9.53 Å². The Kier molecular flexibility index (Phi) is 9.78. The summed E-state index contributed by atoms with van der Waals surface area (Å²) in [5.74, 6) is 0.554. The second-order valence-corrected chi connectivity index (χ2v) is 7.80. The molecule has 0 heterocycles. The maximum absolute atomic E-state index is 12.1. The Morgan fingerprint density at radius 2 is 1.70 bits per heavy atom. The maximum atomic E-state index is 12.1. The van der Waals surface area contributed by atoms with Crippen LogP contribution in [-0.4, -0.2) is 47.8 Å². The van der Waals surface area contributed by atoms with Gasteiger partial charge in [0.2, 0.25) is 0 Å². The van der Waals surface area contributed by atoms with Gasteiger partial charge in [0.25, 0.3) is 0 Å². The van der Waals surface area contributed by atoms with Crippen molar-refractivity contribution in [3.05, 3.63) is 0 Å². The summed E-state index contributed by atoms with van der Waals surface area (Å²) in [6.45, 7) is 18.0. The summed E-state index contributed by atoms with van der Waals surface area (Å²) in [4.78, 5) is 14.5. The molecule has 0 fully saturated rings. The van der Waals surface area contributed by atoms with Crippen molar-refractivity contribution in [2.45, 2.75) is 92.0 Å². The molecule has 3 N–H and O–H groups in total. The van der Waals surface area contributed by atoms with Gasteiger partial charge in [-0.3, -0.25) is 4.90 Å². The lowest BCUT2D eigenvalue weighted by molar-refractivity contribution is 0.0426. The van der Waals surface area contributed by atoms with Crippen molar-refractivity contribution in [1.29, 1.82) is 0 Å². The Morgan fingerprint density at radius 3 is 2.04 bits per heavy atom. The van der Waals surface area contributed by atoms with Crippen LogP contribution in [0, 0.1) is 5.92 Å². The van der Waals surface area contributed by atoms with Crippen LogP contribution in [0.1, 0.15) is 68.2 Å². The van der Waals surface area contributed by atoms with Crippen molar-refractivity contribution in [1.82, 2.24) is 10.2 Å². The van der Waals surface area contributed by atoms with E-state index in [1.807, 2.05) is 27.7 Å². The SMILES string of the molecule is CCC(CC)N(CC(C)C)C(CN)C(C)NC(=O)OC(C)(C)C. The molecule has 138 valence electrons. The molecule has 2 atom stereocenters. The molecule has 2 unspecified atom stereocenters. The Hall–Kier alpha value is -0.810. The van der Waals surface area contributed by atoms with E-state index < -0.39 is 5.60 Å². The Balaban J connectivity index is 5.04. The molecule has 0 radical (unpaired) electrons. The van der Waals surface area contributed by atoms with Crippen LogP contribution in [0.4, 0.5) is 4.79 Å². The summed E-state index contributed by atoms with van der Waals surface area (Å²) in [6, 6.07) is 0.526. The van der Waals surface area contributed by atoms with Gasteiger partial charge in [-0.15, -0.1) is 0 Å². The molecule has 0 aromatic carbocycles. The molecule has 5 nitrogen and oxygen atoms in total. The fourth-order valence-corrected chi connectivity index (χ4v) is 2.95. The molecule has 0 bridgehead atoms. The summed E-state index contributed by atoms with van der Waals surface area (Å²) in [5.41, 5.74) is 5.58. The van der Waals surface area contributed by atoms with Crippen molar-refractivity contribution >= 4 is 6.09 Å². The molecular weight excluding hydrogens is 290 g/mol. The number of hydrogen-bond donors (Lipinski definition) is 2. The molecule has 5 heteroatoms. The van der Waals surface area contributed by atoms with Gasteiger partial charge in [-0.25, -0.2) is 4.79 Å². The van der Waals surface area contributed by atoms with Gasteiger partial charge in [-0.05, 0) is 46.5 Å². The van der Waals surface area contributed by atoms with Gasteiger partial charge in [-0.2, -0.15) is 0 Å². The minimum atomic E-state index is -0.491. The van der Waals surface area contributed by atoms with E-state index in [0.29, 0.717) is 18.5 Å². The molecule has 0 saturated carbocycles. The van der Waals surface area contributed by atoms with E-state index in [0.717, 1.165) is 19.4 Å². The van der Waals surface area contributed by atoms with Gasteiger partial charge in [0.05, 0.1) is 0 Å². The minimum absolute atomic E-state index is 0.0609. The lowest BCUT2D eigenvalue weighted by Crippen LogP contribution is -2.57. The van der Waals surface area contributed by atoms with Crippen LogP contribution in [-0.2, 0) is 4.74 Å². The number of alkyl carbamates (subject to hydrolysis) is 1. The molecule has 0 aromatic rings. The smallest absolute Gasteiger partial charge is 0.407 e. The van der Waals surface area contributed by atoms with Gasteiger partial charge in [0.15, 0.2) is 0 Å². The van der Waals surface area contributed by atoms with Crippen molar-refractivity contribution in [3.63, 3.8) is 0 Å². The third-order valence-electron chi connectivity index (χ3n) is 3.98. The van der Waals surface area contributed by atoms with E-state index in [9.17, 15) is 4.79 Å². The highest BCUT2D eigenvalue weighted by molar-refractivity contribution is 5.68. The van der Waals surface area contributed by atoms with Gasteiger partial charge in [-0.1, -0.05) is 27.7 Å². The molecule has 0 spiro atoms. The third kappa shape index (κ3) is 8.56. The molecular formula is C18H39N3O2. The number of amides is 1. The fraction of sp³-hybridized carbons (Fsp3) is 0.944. The average Bonchev–Trinajstić information content (AvgIpc) is 2.37. The lowest BCUT2D eigenvalue weighted by Gasteiger charge is -2.41. The topological polar surface area (TPSA) is 67.6 Å². The average molecular weight is 330 g/mol. The summed E-state index contributed by atoms with van der Waals surface area (Å²) >= 11 is 0. The first kappa shape index (κ1) is 22.2. The van der Waals surface area contributed by atoms with Crippen LogP contribution < -0.4 is 11.1 Å². The van der Waals surface area contributed by atoms with E-state index in [1.54, 1.807) is 0 Å². The first-order valence-electron chi connectivity index (χ1n) is 9.00. The van der Waals surface area contributed by atoms with E-state index in [-0.39, 0.29) is 18.2 Å². The Bertz CT molecular complexity index is 336. The van der Waals surface area contributed by atoms with Crippen LogP contribution in [0.25, 0.3) is 0 Å². The second-order valence-electron chi connectivity index (χ2n) is 7.80. The molecule has 0 rings (SSSR count). The number of ether oxygens (including phenoxy) is 1. The highest BCUT2D eigenvalue weighted by Crippen LogP contribution is 2.17. The zero-order valence-electron chi connectivity index (χ0n) is 16.5. The zero-order valence-corrected chi connectivity index (χ0v) is 16.5. The minimum Gasteiger partial charge on any atom is -0.444 e. The van der Waals surface area contributed by atoms with Crippen LogP contribution in [0.3, 0.4) is 0 Å². The van der Waals surface area contributed by atoms with Gasteiger partial charge in [0.1, 0.15) is 5.60 Å². The quantitative estimate of drug-likeness (QED) is 0.680. The monoisotopic (exact) mass is 329 g/mol. The molecule has 0 aliphatic rings. The van der Waals surface area contributed by atoms with Crippen LogP contribution in [0.2, 0.25) is 0 Å². The van der Waals surface area contributed by atoms with Crippen LogP contribution in [0.5, 0.6) is 0 Å². The van der Waals surface area contributed by atoms with Crippen molar-refractivity contribution in [2.75, 3.05) is 13.1 Å². The number of nitrogens with two attached hydrogens (primary N) is 1. The van der Waals surface area contributed by atoms with E-state index >= 15 is 0 Å². The van der Waals surface area contributed by atoms with Crippen LogP contribution in [0.15, 0.2) is 0 Å². The van der Waals surface area contributed by atoms with Crippen LogP contribution >= 0.6 is 0 Å². The maximum Gasteiger partial charge on any atom is 0.407 e. The molecule has 0 aromatic heterocycles. The van der Waals surface area contributed by atoms with Crippen molar-refractivity contribution in [3.8, 4) is 0 Å². The fourth-order valence-electron chi connectivity index (χ4n) is 2.95. The summed E-state index contributed by atoms with van der Waals surface area (Å²) in [7, 11) is 0. The Labute approximate surface area is 143 Å². The third-order valence-corrected chi connectivity index (χ3v) is 3.98. The van der Waals surface area contributed by atoms with Gasteiger partial charge < -0.3 is 15.8 Å². The zero-order chi connectivity index (χ0) is 18.2. The summed E-state index contributed by atoms with van der Waals surface area (Å²) in [5, 5.41) is 2.96. The van der Waals surface area contributed by atoms with Gasteiger partial charge in [0, 0.05) is 31.2 Å². The number of nitrogens with one attached hydrogen (secondary N) is 1. The summed E-state index contributed by atoms with van der Waals surface area (Å²) in [6.07, 6.45) is 1.79. The standard InChI is InChI=1S/C18H39N3O2/c1-9-15(10-2)21(12-13(3)4)16(11-19)14(5)20-17(22)23-18(6,7)8/h13-16H,9-12,19H2,1-8H3,(H,20,22). The predicted octanol–water partition coefficient (Wildman–Crippen LogP) is 3.37. The molecule has 0 aliphatic heterocycles. The summed E-state index contributed by atoms with van der Waals surface area (Å²) < 4.78 is 5.37. The highest BCUT2D eigenvalue weighted by atomic mass is 16.6. The largest absolute Gasteiger partial charge is 0.444 e. The number of rotatable bonds is 9. The normalized spacial score (nSPS) is 15.1. The van der Waals surface area contributed by atoms with E-state index in [1.165, 1.54) is 0 Å². The number of hydrogen-bond acceptors (Lipinski definition) is 4. The van der Waals surface area contributed by atoms with E-state index in [2.05, 4.69) is 37.9 Å².